The summed E-state index contributed by atoms with van der Waals surface area (Å²) < 4.78 is 5.13. The molecule has 2 saturated carbocycles. The van der Waals surface area contributed by atoms with Gasteiger partial charge in [-0.2, -0.15) is 0 Å². The van der Waals surface area contributed by atoms with Crippen molar-refractivity contribution in [3.63, 3.8) is 0 Å². The number of nitrogens with two attached hydrogens (primary N) is 1. The summed E-state index contributed by atoms with van der Waals surface area (Å²) in [4.78, 5) is 12.1. The second-order valence-electron chi connectivity index (χ2n) is 6.02. The van der Waals surface area contributed by atoms with Crippen LogP contribution in [0.5, 0.6) is 0 Å². The van der Waals surface area contributed by atoms with Crippen LogP contribution in [0, 0.1) is 11.3 Å². The van der Waals surface area contributed by atoms with Crippen LogP contribution in [0.15, 0.2) is 0 Å². The van der Waals surface area contributed by atoms with E-state index in [1.165, 1.54) is 19.3 Å². The van der Waals surface area contributed by atoms with Gasteiger partial charge in [0.15, 0.2) is 0 Å². The van der Waals surface area contributed by atoms with Crippen LogP contribution in [0.4, 0.5) is 0 Å². The largest absolute Gasteiger partial charge is 0.385 e. The van der Waals surface area contributed by atoms with E-state index in [1.807, 2.05) is 0 Å². The Morgan fingerprint density at radius 1 is 1.39 bits per heavy atom. The fourth-order valence-electron chi connectivity index (χ4n) is 2.90. The summed E-state index contributed by atoms with van der Waals surface area (Å²) in [5, 5.41) is 3.12. The highest BCUT2D eigenvalue weighted by atomic mass is 16.5. The predicted octanol–water partition coefficient (Wildman–Crippen LogP) is 1.44. The first-order chi connectivity index (χ1) is 8.67. The number of rotatable bonds is 6. The molecule has 3 N–H and O–H groups in total. The third-order valence-electron chi connectivity index (χ3n) is 4.59. The minimum atomic E-state index is 0.0389. The van der Waals surface area contributed by atoms with Crippen LogP contribution < -0.4 is 11.1 Å². The highest BCUT2D eigenvalue weighted by Crippen LogP contribution is 2.48. The molecule has 0 aromatic rings. The predicted molar refractivity (Wildman–Crippen MR) is 71.1 cm³/mol. The summed E-state index contributed by atoms with van der Waals surface area (Å²) in [6.45, 7) is 1.59. The van der Waals surface area contributed by atoms with Gasteiger partial charge in [-0.25, -0.2) is 0 Å². The van der Waals surface area contributed by atoms with E-state index in [1.54, 1.807) is 7.11 Å². The molecule has 104 valence electrons. The smallest absolute Gasteiger partial charge is 0.224 e. The highest BCUT2D eigenvalue weighted by Gasteiger charge is 2.42. The van der Waals surface area contributed by atoms with Crippen LogP contribution in [0.2, 0.25) is 0 Å². The topological polar surface area (TPSA) is 64.3 Å². The molecule has 0 heterocycles. The lowest BCUT2D eigenvalue weighted by atomic mass is 9.84. The number of carbonyl (C=O) groups excluding carboxylic acids is 1. The zero-order chi connectivity index (χ0) is 13.0. The molecule has 0 aliphatic heterocycles. The maximum absolute atomic E-state index is 12.1. The first-order valence-electron chi connectivity index (χ1n) is 7.19. The van der Waals surface area contributed by atoms with Gasteiger partial charge < -0.3 is 15.8 Å². The van der Waals surface area contributed by atoms with Crippen LogP contribution in [0.25, 0.3) is 0 Å². The van der Waals surface area contributed by atoms with E-state index in [-0.39, 0.29) is 17.9 Å². The molecule has 0 radical (unpaired) electrons. The molecule has 2 aliphatic carbocycles. The second kappa shape index (κ2) is 6.02. The average Bonchev–Trinajstić information content (AvgIpc) is 3.15. The normalized spacial score (nSPS) is 29.9. The minimum Gasteiger partial charge on any atom is -0.385 e. The number of amides is 1. The van der Waals surface area contributed by atoms with Crippen molar-refractivity contribution in [1.29, 1.82) is 0 Å². The summed E-state index contributed by atoms with van der Waals surface area (Å²) in [5.74, 6) is 0.211. The molecule has 0 saturated heterocycles. The molecule has 0 spiro atoms. The van der Waals surface area contributed by atoms with Gasteiger partial charge in [0.05, 0.1) is 5.92 Å². The van der Waals surface area contributed by atoms with Gasteiger partial charge in [-0.1, -0.05) is 12.8 Å². The molecule has 0 bridgehead atoms. The zero-order valence-electron chi connectivity index (χ0n) is 11.4. The minimum absolute atomic E-state index is 0.0389. The van der Waals surface area contributed by atoms with E-state index in [2.05, 4.69) is 5.32 Å². The zero-order valence-corrected chi connectivity index (χ0v) is 11.4. The van der Waals surface area contributed by atoms with Gasteiger partial charge in [0, 0.05) is 26.3 Å². The van der Waals surface area contributed by atoms with Gasteiger partial charge in [0.1, 0.15) is 0 Å². The summed E-state index contributed by atoms with van der Waals surface area (Å²) in [6, 6.07) is 0.0629. The standard InChI is InChI=1S/C14H26N2O2/c1-18-9-8-14(6-7-14)10-16-13(17)11-4-2-3-5-12(11)15/h11-12H,2-10,15H2,1H3,(H,16,17). The van der Waals surface area contributed by atoms with Crippen molar-refractivity contribution in [2.75, 3.05) is 20.3 Å². The van der Waals surface area contributed by atoms with Gasteiger partial charge in [-0.15, -0.1) is 0 Å². The van der Waals surface area contributed by atoms with E-state index < -0.39 is 0 Å². The third kappa shape index (κ3) is 3.45. The fourth-order valence-corrected chi connectivity index (χ4v) is 2.90. The number of hydrogen-bond acceptors (Lipinski definition) is 3. The van der Waals surface area contributed by atoms with Crippen molar-refractivity contribution >= 4 is 5.91 Å². The Morgan fingerprint density at radius 3 is 2.72 bits per heavy atom. The lowest BCUT2D eigenvalue weighted by Crippen LogP contribution is -2.45. The monoisotopic (exact) mass is 254 g/mol. The molecule has 2 aliphatic rings. The summed E-state index contributed by atoms with van der Waals surface area (Å²) >= 11 is 0. The Balaban J connectivity index is 1.74. The molecule has 1 amide bonds. The van der Waals surface area contributed by atoms with Crippen LogP contribution in [-0.2, 0) is 9.53 Å². The molecule has 4 heteroatoms. The summed E-state index contributed by atoms with van der Waals surface area (Å²) in [5.41, 5.74) is 6.36. The third-order valence-corrected chi connectivity index (χ3v) is 4.59. The Morgan fingerprint density at radius 2 is 2.11 bits per heavy atom. The number of methoxy groups -OCH3 is 1. The fraction of sp³-hybridized carbons (Fsp3) is 0.929. The summed E-state index contributed by atoms with van der Waals surface area (Å²) in [7, 11) is 1.73. The first kappa shape index (κ1) is 13.8. The van der Waals surface area contributed by atoms with Crippen molar-refractivity contribution in [2.24, 2.45) is 17.1 Å². The molecule has 2 unspecified atom stereocenters. The van der Waals surface area contributed by atoms with Crippen molar-refractivity contribution in [1.82, 2.24) is 5.32 Å². The number of carbonyl (C=O) groups is 1. The molecule has 2 rings (SSSR count). The van der Waals surface area contributed by atoms with Gasteiger partial charge in [-0.05, 0) is 37.5 Å². The molecule has 0 aromatic carbocycles. The highest BCUT2D eigenvalue weighted by molar-refractivity contribution is 5.79. The Hall–Kier alpha value is -0.610. The molecular weight excluding hydrogens is 228 g/mol. The van der Waals surface area contributed by atoms with Crippen molar-refractivity contribution in [2.45, 2.75) is 51.0 Å². The van der Waals surface area contributed by atoms with Gasteiger partial charge >= 0.3 is 0 Å². The van der Waals surface area contributed by atoms with E-state index in [0.717, 1.165) is 38.8 Å². The molecule has 4 nitrogen and oxygen atoms in total. The van der Waals surface area contributed by atoms with Crippen LogP contribution in [-0.4, -0.2) is 32.2 Å². The van der Waals surface area contributed by atoms with E-state index in [4.69, 9.17) is 10.5 Å². The lowest BCUT2D eigenvalue weighted by molar-refractivity contribution is -0.126. The molecule has 0 aromatic heterocycles. The number of ether oxygens (including phenoxy) is 1. The maximum atomic E-state index is 12.1. The maximum Gasteiger partial charge on any atom is 0.224 e. The van der Waals surface area contributed by atoms with Crippen molar-refractivity contribution in [3.05, 3.63) is 0 Å². The Kier molecular flexibility index (Phi) is 4.62. The first-order valence-corrected chi connectivity index (χ1v) is 7.19. The van der Waals surface area contributed by atoms with Crippen molar-refractivity contribution < 1.29 is 9.53 Å². The van der Waals surface area contributed by atoms with Crippen molar-refractivity contribution in [3.8, 4) is 0 Å². The van der Waals surface area contributed by atoms with Crippen LogP contribution in [0.1, 0.15) is 44.9 Å². The molecule has 2 fully saturated rings. The van der Waals surface area contributed by atoms with Crippen LogP contribution in [0.3, 0.4) is 0 Å². The molecule has 2 atom stereocenters. The summed E-state index contributed by atoms with van der Waals surface area (Å²) in [6.07, 6.45) is 7.75. The van der Waals surface area contributed by atoms with Crippen LogP contribution >= 0.6 is 0 Å². The Labute approximate surface area is 110 Å². The average molecular weight is 254 g/mol. The number of nitrogens with one attached hydrogen (secondary N) is 1. The lowest BCUT2D eigenvalue weighted by Gasteiger charge is -2.28. The SMILES string of the molecule is COCCC1(CNC(=O)C2CCCCC2N)CC1. The van der Waals surface area contributed by atoms with Gasteiger partial charge in [0.2, 0.25) is 5.91 Å². The van der Waals surface area contributed by atoms with E-state index in [9.17, 15) is 4.79 Å². The van der Waals surface area contributed by atoms with Gasteiger partial charge in [-0.3, -0.25) is 4.79 Å². The number of hydrogen-bond donors (Lipinski definition) is 2. The molecular formula is C14H26N2O2. The quantitative estimate of drug-likeness (QED) is 0.754. The van der Waals surface area contributed by atoms with E-state index in [0.29, 0.717) is 5.41 Å². The Bertz CT molecular complexity index is 290. The van der Waals surface area contributed by atoms with E-state index >= 15 is 0 Å². The second-order valence-corrected chi connectivity index (χ2v) is 6.02. The van der Waals surface area contributed by atoms with Gasteiger partial charge in [0.25, 0.3) is 0 Å². The molecule has 18 heavy (non-hydrogen) atoms.